The van der Waals surface area contributed by atoms with Crippen molar-refractivity contribution in [1.29, 1.82) is 0 Å². The van der Waals surface area contributed by atoms with E-state index in [1.54, 1.807) is 0 Å². The summed E-state index contributed by atoms with van der Waals surface area (Å²) in [4.78, 5) is 21.5. The maximum absolute atomic E-state index is 10.9. The summed E-state index contributed by atoms with van der Waals surface area (Å²) in [6.45, 7) is 1.94. The predicted octanol–water partition coefficient (Wildman–Crippen LogP) is 0.155. The summed E-state index contributed by atoms with van der Waals surface area (Å²) >= 11 is 1.42. The van der Waals surface area contributed by atoms with Crippen LogP contribution in [0.3, 0.4) is 0 Å². The Morgan fingerprint density at radius 2 is 2.40 bits per heavy atom. The average molecular weight is 159 g/mol. The van der Waals surface area contributed by atoms with Crippen molar-refractivity contribution in [3.63, 3.8) is 0 Å². The van der Waals surface area contributed by atoms with Crippen LogP contribution in [-0.4, -0.2) is 22.8 Å². The molecule has 1 saturated heterocycles. The molecule has 1 aliphatic heterocycles. The van der Waals surface area contributed by atoms with Crippen LogP contribution in [0.25, 0.3) is 0 Å². The third-order valence-electron chi connectivity index (χ3n) is 1.34. The van der Waals surface area contributed by atoms with Gasteiger partial charge >= 0.3 is 0 Å². The molecule has 1 atom stereocenters. The van der Waals surface area contributed by atoms with Crippen molar-refractivity contribution >= 4 is 23.6 Å². The third-order valence-corrected chi connectivity index (χ3v) is 2.72. The van der Waals surface area contributed by atoms with Gasteiger partial charge < -0.3 is 0 Å². The molecule has 1 aliphatic rings. The minimum Gasteiger partial charge on any atom is -0.295 e. The maximum atomic E-state index is 10.9. The molecule has 10 heavy (non-hydrogen) atoms. The van der Waals surface area contributed by atoms with Gasteiger partial charge in [-0.2, -0.15) is 0 Å². The number of carbonyl (C=O) groups excluding carboxylic acids is 2. The first-order chi connectivity index (χ1) is 4.74. The number of hydrogen-bond acceptors (Lipinski definition) is 3. The summed E-state index contributed by atoms with van der Waals surface area (Å²) in [6.07, 6.45) is 0.795. The van der Waals surface area contributed by atoms with E-state index in [1.807, 2.05) is 6.92 Å². The zero-order chi connectivity index (χ0) is 7.56. The molecule has 0 aromatic heterocycles. The summed E-state index contributed by atoms with van der Waals surface area (Å²) in [6, 6.07) is 0. The molecule has 1 heterocycles. The normalized spacial score (nSPS) is 26.3. The van der Waals surface area contributed by atoms with Crippen molar-refractivity contribution in [2.75, 3.05) is 5.75 Å². The Morgan fingerprint density at radius 3 is 2.90 bits per heavy atom. The van der Waals surface area contributed by atoms with Crippen molar-refractivity contribution in [2.45, 2.75) is 18.6 Å². The number of carbonyl (C=O) groups is 2. The molecule has 1 fully saturated rings. The van der Waals surface area contributed by atoms with Crippen molar-refractivity contribution in [2.24, 2.45) is 0 Å². The van der Waals surface area contributed by atoms with Crippen molar-refractivity contribution in [3.05, 3.63) is 0 Å². The van der Waals surface area contributed by atoms with Gasteiger partial charge in [-0.25, -0.2) is 0 Å². The molecule has 2 amide bonds. The van der Waals surface area contributed by atoms with Gasteiger partial charge in [0.05, 0.1) is 11.0 Å². The van der Waals surface area contributed by atoms with Crippen molar-refractivity contribution in [3.8, 4) is 0 Å². The van der Waals surface area contributed by atoms with Crippen LogP contribution >= 0.6 is 11.8 Å². The molecule has 0 saturated carbocycles. The van der Waals surface area contributed by atoms with Crippen LogP contribution in [-0.2, 0) is 9.59 Å². The molecule has 3 nitrogen and oxygen atoms in total. The zero-order valence-electron chi connectivity index (χ0n) is 5.72. The fourth-order valence-electron chi connectivity index (χ4n) is 0.809. The van der Waals surface area contributed by atoms with Crippen LogP contribution in [0.2, 0.25) is 0 Å². The summed E-state index contributed by atoms with van der Waals surface area (Å²) in [7, 11) is 0. The van der Waals surface area contributed by atoms with Gasteiger partial charge in [0.1, 0.15) is 0 Å². The molecule has 0 bridgehead atoms. The first-order valence-electron chi connectivity index (χ1n) is 3.19. The molecule has 4 heteroatoms. The predicted molar refractivity (Wildman–Crippen MR) is 39.7 cm³/mol. The smallest absolute Gasteiger partial charge is 0.239 e. The maximum Gasteiger partial charge on any atom is 0.239 e. The second-order valence-electron chi connectivity index (χ2n) is 2.12. The van der Waals surface area contributed by atoms with Crippen LogP contribution in [0.5, 0.6) is 0 Å². The first kappa shape index (κ1) is 7.60. The summed E-state index contributed by atoms with van der Waals surface area (Å²) in [5, 5.41) is 2.27. The quantitative estimate of drug-likeness (QED) is 0.554. The van der Waals surface area contributed by atoms with E-state index < -0.39 is 0 Å². The monoisotopic (exact) mass is 159 g/mol. The highest BCUT2D eigenvalue weighted by Crippen LogP contribution is 2.17. The zero-order valence-corrected chi connectivity index (χ0v) is 6.53. The summed E-state index contributed by atoms with van der Waals surface area (Å²) in [5.74, 6) is 0.119. The van der Waals surface area contributed by atoms with Gasteiger partial charge in [0.15, 0.2) is 0 Å². The lowest BCUT2D eigenvalue weighted by Gasteiger charge is -2.18. The Labute approximate surface area is 63.6 Å². The average Bonchev–Trinajstić information content (AvgIpc) is 1.88. The SMILES string of the molecule is CCC1SCC(=O)NC1=O. The van der Waals surface area contributed by atoms with E-state index in [2.05, 4.69) is 5.32 Å². The topological polar surface area (TPSA) is 46.2 Å². The van der Waals surface area contributed by atoms with E-state index >= 15 is 0 Å². The Morgan fingerprint density at radius 1 is 1.70 bits per heavy atom. The van der Waals surface area contributed by atoms with E-state index in [9.17, 15) is 9.59 Å². The van der Waals surface area contributed by atoms with Gasteiger partial charge in [0, 0.05) is 0 Å². The molecule has 0 radical (unpaired) electrons. The van der Waals surface area contributed by atoms with E-state index in [4.69, 9.17) is 0 Å². The molecule has 0 spiro atoms. The first-order valence-corrected chi connectivity index (χ1v) is 4.24. The van der Waals surface area contributed by atoms with Gasteiger partial charge in [0.25, 0.3) is 0 Å². The van der Waals surface area contributed by atoms with Crippen LogP contribution in [0.1, 0.15) is 13.3 Å². The number of imide groups is 1. The lowest BCUT2D eigenvalue weighted by molar-refractivity contribution is -0.129. The van der Waals surface area contributed by atoms with E-state index in [1.165, 1.54) is 11.8 Å². The van der Waals surface area contributed by atoms with Crippen LogP contribution in [0, 0.1) is 0 Å². The van der Waals surface area contributed by atoms with E-state index in [-0.39, 0.29) is 17.1 Å². The standard InChI is InChI=1S/C6H9NO2S/c1-2-4-6(9)7-5(8)3-10-4/h4H,2-3H2,1H3,(H,7,8,9). The minimum absolute atomic E-state index is 0.0160. The van der Waals surface area contributed by atoms with Crippen molar-refractivity contribution < 1.29 is 9.59 Å². The molecule has 1 unspecified atom stereocenters. The Bertz CT molecular complexity index is 169. The molecule has 56 valence electrons. The highest BCUT2D eigenvalue weighted by molar-refractivity contribution is 8.01. The minimum atomic E-state index is -0.167. The van der Waals surface area contributed by atoms with Gasteiger partial charge in [-0.1, -0.05) is 6.92 Å². The van der Waals surface area contributed by atoms with E-state index in [0.29, 0.717) is 5.75 Å². The Balaban J connectivity index is 2.51. The Kier molecular flexibility index (Phi) is 2.32. The van der Waals surface area contributed by atoms with Gasteiger partial charge in [0.2, 0.25) is 11.8 Å². The lowest BCUT2D eigenvalue weighted by atomic mass is 10.3. The number of rotatable bonds is 1. The van der Waals surface area contributed by atoms with Crippen LogP contribution in [0.4, 0.5) is 0 Å². The fraction of sp³-hybridized carbons (Fsp3) is 0.667. The molecule has 1 N–H and O–H groups in total. The number of nitrogens with one attached hydrogen (secondary N) is 1. The summed E-state index contributed by atoms with van der Waals surface area (Å²) in [5.41, 5.74) is 0. The third kappa shape index (κ3) is 1.50. The van der Waals surface area contributed by atoms with Gasteiger partial charge in [-0.3, -0.25) is 14.9 Å². The van der Waals surface area contributed by atoms with Crippen LogP contribution < -0.4 is 5.32 Å². The number of amides is 2. The highest BCUT2D eigenvalue weighted by Gasteiger charge is 2.24. The van der Waals surface area contributed by atoms with Gasteiger partial charge in [-0.05, 0) is 6.42 Å². The second kappa shape index (κ2) is 3.05. The molecular formula is C6H9NO2S. The Hall–Kier alpha value is -0.510. The van der Waals surface area contributed by atoms with Crippen molar-refractivity contribution in [1.82, 2.24) is 5.32 Å². The fourth-order valence-corrected chi connectivity index (χ4v) is 1.68. The van der Waals surface area contributed by atoms with Gasteiger partial charge in [-0.15, -0.1) is 11.8 Å². The second-order valence-corrected chi connectivity index (χ2v) is 3.31. The number of thioether (sulfide) groups is 1. The lowest BCUT2D eigenvalue weighted by Crippen LogP contribution is -2.43. The molecule has 0 aromatic rings. The molecule has 1 rings (SSSR count). The number of hydrogen-bond donors (Lipinski definition) is 1. The molecule has 0 aliphatic carbocycles. The largest absolute Gasteiger partial charge is 0.295 e. The molecule has 0 aromatic carbocycles. The molecular weight excluding hydrogens is 150 g/mol. The van der Waals surface area contributed by atoms with Crippen LogP contribution in [0.15, 0.2) is 0 Å². The highest BCUT2D eigenvalue weighted by atomic mass is 32.2. The van der Waals surface area contributed by atoms with E-state index in [0.717, 1.165) is 6.42 Å². The summed E-state index contributed by atoms with van der Waals surface area (Å²) < 4.78 is 0.